The third kappa shape index (κ3) is 4.07. The normalized spacial score (nSPS) is 19.5. The number of ether oxygens (including phenoxy) is 1. The van der Waals surface area contributed by atoms with Gasteiger partial charge in [0, 0.05) is 25.8 Å². The van der Waals surface area contributed by atoms with Crippen LogP contribution in [0.5, 0.6) is 0 Å². The van der Waals surface area contributed by atoms with Gasteiger partial charge in [0.1, 0.15) is 5.82 Å². The number of benzene rings is 1. The minimum absolute atomic E-state index is 0.0529. The highest BCUT2D eigenvalue weighted by Gasteiger charge is 2.24. The lowest BCUT2D eigenvalue weighted by Crippen LogP contribution is -2.45. The van der Waals surface area contributed by atoms with Crippen LogP contribution in [0.15, 0.2) is 35.0 Å². The molecule has 3 heterocycles. The zero-order chi connectivity index (χ0) is 20.5. The van der Waals surface area contributed by atoms with Gasteiger partial charge in [-0.25, -0.2) is 9.37 Å². The highest BCUT2D eigenvalue weighted by atomic mass is 19.1. The van der Waals surface area contributed by atoms with Gasteiger partial charge in [0.05, 0.1) is 34.5 Å². The first-order chi connectivity index (χ1) is 13.9. The van der Waals surface area contributed by atoms with Crippen molar-refractivity contribution in [1.29, 1.82) is 0 Å². The maximum Gasteiger partial charge on any atom is 0.257 e. The van der Waals surface area contributed by atoms with Crippen molar-refractivity contribution in [3.8, 4) is 0 Å². The SMILES string of the molecule is Cc1noc2ncc(C(=O)NCc3ccc(N4CC(C)OC(C)C4)c(F)c3)cc12. The summed E-state index contributed by atoms with van der Waals surface area (Å²) in [5, 5.41) is 7.33. The number of anilines is 1. The standard InChI is InChI=1S/C21H23FN4O3/c1-12-10-26(11-13(2)28-12)19-5-4-15(6-18(19)22)8-23-20(27)16-7-17-14(3)25-29-21(17)24-9-16/h4-7,9,12-13H,8,10-11H2,1-3H3,(H,23,27). The van der Waals surface area contributed by atoms with Crippen molar-refractivity contribution < 1.29 is 18.4 Å². The van der Waals surface area contributed by atoms with Crippen LogP contribution < -0.4 is 10.2 Å². The number of hydrogen-bond acceptors (Lipinski definition) is 6. The number of rotatable bonds is 4. The predicted molar refractivity (Wildman–Crippen MR) is 106 cm³/mol. The molecule has 1 saturated heterocycles. The second kappa shape index (κ2) is 7.79. The van der Waals surface area contributed by atoms with Crippen LogP contribution >= 0.6 is 0 Å². The second-order valence-electron chi connectivity index (χ2n) is 7.48. The first-order valence-corrected chi connectivity index (χ1v) is 9.60. The lowest BCUT2D eigenvalue weighted by molar-refractivity contribution is -0.00539. The molecule has 1 N–H and O–H groups in total. The van der Waals surface area contributed by atoms with Gasteiger partial charge in [0.25, 0.3) is 11.6 Å². The third-order valence-electron chi connectivity index (χ3n) is 5.00. The molecule has 1 aliphatic rings. The van der Waals surface area contributed by atoms with Crippen molar-refractivity contribution in [2.75, 3.05) is 18.0 Å². The van der Waals surface area contributed by atoms with Gasteiger partial charge >= 0.3 is 0 Å². The molecule has 1 aliphatic heterocycles. The Labute approximate surface area is 167 Å². The first-order valence-electron chi connectivity index (χ1n) is 9.60. The molecule has 2 atom stereocenters. The van der Waals surface area contributed by atoms with Crippen LogP contribution in [0.25, 0.3) is 11.1 Å². The highest BCUT2D eigenvalue weighted by molar-refractivity contribution is 5.96. The average molecular weight is 398 g/mol. The minimum atomic E-state index is -0.304. The maximum absolute atomic E-state index is 14.7. The van der Waals surface area contributed by atoms with Crippen molar-refractivity contribution in [2.45, 2.75) is 39.5 Å². The van der Waals surface area contributed by atoms with Crippen molar-refractivity contribution >= 4 is 22.7 Å². The van der Waals surface area contributed by atoms with Crippen LogP contribution in [-0.4, -0.2) is 41.3 Å². The predicted octanol–water partition coefficient (Wildman–Crippen LogP) is 3.21. The Morgan fingerprint density at radius 2 is 2.03 bits per heavy atom. The Morgan fingerprint density at radius 3 is 2.76 bits per heavy atom. The summed E-state index contributed by atoms with van der Waals surface area (Å²) in [6.07, 6.45) is 1.54. The Bertz CT molecular complexity index is 1040. The van der Waals surface area contributed by atoms with Crippen molar-refractivity contribution in [3.05, 3.63) is 53.1 Å². The van der Waals surface area contributed by atoms with Gasteiger partial charge in [-0.15, -0.1) is 0 Å². The highest BCUT2D eigenvalue weighted by Crippen LogP contribution is 2.24. The lowest BCUT2D eigenvalue weighted by atomic mass is 10.1. The smallest absolute Gasteiger partial charge is 0.257 e. The molecule has 0 bridgehead atoms. The largest absolute Gasteiger partial charge is 0.372 e. The number of carbonyl (C=O) groups is 1. The number of morpholine rings is 1. The molecule has 2 unspecified atom stereocenters. The third-order valence-corrected chi connectivity index (χ3v) is 5.00. The number of aryl methyl sites for hydroxylation is 1. The van der Waals surface area contributed by atoms with Gasteiger partial charge in [-0.05, 0) is 44.5 Å². The molecule has 1 amide bonds. The van der Waals surface area contributed by atoms with E-state index in [0.717, 1.165) is 0 Å². The Balaban J connectivity index is 1.43. The number of amides is 1. The summed E-state index contributed by atoms with van der Waals surface area (Å²) in [6.45, 7) is 7.27. The second-order valence-corrected chi connectivity index (χ2v) is 7.48. The molecule has 7 nitrogen and oxygen atoms in total. The summed E-state index contributed by atoms with van der Waals surface area (Å²) >= 11 is 0. The molecule has 0 radical (unpaired) electrons. The number of carbonyl (C=O) groups excluding carboxylic acids is 1. The molecular weight excluding hydrogens is 375 g/mol. The molecular formula is C21H23FN4O3. The van der Waals surface area contributed by atoms with Crippen LogP contribution in [0.4, 0.5) is 10.1 Å². The first kappa shape index (κ1) is 19.3. The number of halogens is 1. The monoisotopic (exact) mass is 398 g/mol. The number of fused-ring (bicyclic) bond motifs is 1. The van der Waals surface area contributed by atoms with Crippen LogP contribution in [0.3, 0.4) is 0 Å². The molecule has 2 aromatic heterocycles. The van der Waals surface area contributed by atoms with Crippen molar-refractivity contribution in [1.82, 2.24) is 15.5 Å². The van der Waals surface area contributed by atoms with Crippen molar-refractivity contribution in [2.24, 2.45) is 0 Å². The fourth-order valence-corrected chi connectivity index (χ4v) is 3.65. The summed E-state index contributed by atoms with van der Waals surface area (Å²) in [4.78, 5) is 18.5. The topological polar surface area (TPSA) is 80.5 Å². The van der Waals surface area contributed by atoms with E-state index in [4.69, 9.17) is 9.26 Å². The van der Waals surface area contributed by atoms with E-state index in [-0.39, 0.29) is 30.5 Å². The number of pyridine rings is 1. The molecule has 152 valence electrons. The zero-order valence-corrected chi connectivity index (χ0v) is 16.6. The molecule has 4 rings (SSSR count). The maximum atomic E-state index is 14.7. The fourth-order valence-electron chi connectivity index (χ4n) is 3.65. The zero-order valence-electron chi connectivity index (χ0n) is 16.6. The summed E-state index contributed by atoms with van der Waals surface area (Å²) < 4.78 is 25.5. The van der Waals surface area contributed by atoms with E-state index in [9.17, 15) is 9.18 Å². The number of nitrogens with one attached hydrogen (secondary N) is 1. The van der Waals surface area contributed by atoms with Gasteiger partial charge in [0.15, 0.2) is 0 Å². The van der Waals surface area contributed by atoms with Crippen LogP contribution in [0.2, 0.25) is 0 Å². The number of nitrogens with zero attached hydrogens (tertiary/aromatic N) is 3. The van der Waals surface area contributed by atoms with Gasteiger partial charge in [-0.3, -0.25) is 4.79 Å². The molecule has 1 aromatic carbocycles. The lowest BCUT2D eigenvalue weighted by Gasteiger charge is -2.37. The van der Waals surface area contributed by atoms with E-state index >= 15 is 0 Å². The van der Waals surface area contributed by atoms with E-state index in [1.165, 1.54) is 12.3 Å². The van der Waals surface area contributed by atoms with E-state index in [1.807, 2.05) is 24.8 Å². The average Bonchev–Trinajstić information content (AvgIpc) is 3.05. The molecule has 3 aromatic rings. The summed E-state index contributed by atoms with van der Waals surface area (Å²) in [5.74, 6) is -0.596. The van der Waals surface area contributed by atoms with Gasteiger partial charge in [0.2, 0.25) is 0 Å². The van der Waals surface area contributed by atoms with Gasteiger partial charge in [-0.1, -0.05) is 11.2 Å². The Morgan fingerprint density at radius 1 is 1.28 bits per heavy atom. The minimum Gasteiger partial charge on any atom is -0.372 e. The quantitative estimate of drug-likeness (QED) is 0.727. The molecule has 8 heteroatoms. The summed E-state index contributed by atoms with van der Waals surface area (Å²) in [6, 6.07) is 6.74. The Hall–Kier alpha value is -3.00. The van der Waals surface area contributed by atoms with E-state index < -0.39 is 0 Å². The van der Waals surface area contributed by atoms with E-state index in [0.29, 0.717) is 46.7 Å². The fraction of sp³-hybridized carbons (Fsp3) is 0.381. The summed E-state index contributed by atoms with van der Waals surface area (Å²) in [5.41, 5.74) is 2.70. The number of hydrogen-bond donors (Lipinski definition) is 1. The van der Waals surface area contributed by atoms with Crippen molar-refractivity contribution in [3.63, 3.8) is 0 Å². The Kier molecular flexibility index (Phi) is 5.19. The van der Waals surface area contributed by atoms with Gasteiger partial charge in [-0.2, -0.15) is 0 Å². The molecule has 29 heavy (non-hydrogen) atoms. The molecule has 0 spiro atoms. The summed E-state index contributed by atoms with van der Waals surface area (Å²) in [7, 11) is 0. The number of aromatic nitrogens is 2. The molecule has 0 aliphatic carbocycles. The van der Waals surface area contributed by atoms with Crippen LogP contribution in [0.1, 0.15) is 35.5 Å². The molecule has 0 saturated carbocycles. The van der Waals surface area contributed by atoms with E-state index in [2.05, 4.69) is 15.5 Å². The van der Waals surface area contributed by atoms with E-state index in [1.54, 1.807) is 19.1 Å². The van der Waals surface area contributed by atoms with Crippen LogP contribution in [0, 0.1) is 12.7 Å². The van der Waals surface area contributed by atoms with Gasteiger partial charge < -0.3 is 19.5 Å². The van der Waals surface area contributed by atoms with Crippen LogP contribution in [-0.2, 0) is 11.3 Å². The molecule has 1 fully saturated rings.